The number of hydrogen-bond donors (Lipinski definition) is 1. The Morgan fingerprint density at radius 3 is 2.28 bits per heavy atom. The number of phenolic OH excluding ortho intramolecular Hbond substituents is 1. The highest BCUT2D eigenvalue weighted by Crippen LogP contribution is 2.39. The van der Waals surface area contributed by atoms with Crippen LogP contribution in [0.2, 0.25) is 0 Å². The average Bonchev–Trinajstić information content (AvgIpc) is 2.25. The van der Waals surface area contributed by atoms with Crippen molar-refractivity contribution < 1.29 is 5.11 Å². The molecule has 0 saturated carbocycles. The lowest BCUT2D eigenvalue weighted by atomic mass is 9.84. The van der Waals surface area contributed by atoms with Crippen molar-refractivity contribution in [2.45, 2.75) is 64.2 Å². The normalized spacial score (nSPS) is 12.2. The zero-order valence-corrected chi connectivity index (χ0v) is 13.3. The fraction of sp³-hybridized carbons (Fsp3) is 0.625. The highest BCUT2D eigenvalue weighted by molar-refractivity contribution is 7.99. The highest BCUT2D eigenvalue weighted by atomic mass is 32.2. The minimum absolute atomic E-state index is 0.0174. The van der Waals surface area contributed by atoms with E-state index in [1.807, 2.05) is 11.8 Å². The molecule has 0 saturated heterocycles. The van der Waals surface area contributed by atoms with E-state index in [4.69, 9.17) is 0 Å². The number of rotatable bonds is 4. The number of hydrogen-bond acceptors (Lipinski definition) is 2. The third kappa shape index (κ3) is 3.68. The summed E-state index contributed by atoms with van der Waals surface area (Å²) < 4.78 is 0. The van der Waals surface area contributed by atoms with Gasteiger partial charge in [-0.15, -0.1) is 11.8 Å². The molecule has 1 rings (SSSR count). The van der Waals surface area contributed by atoms with Crippen LogP contribution >= 0.6 is 11.8 Å². The van der Waals surface area contributed by atoms with Crippen LogP contribution in [0, 0.1) is 0 Å². The Labute approximate surface area is 116 Å². The van der Waals surface area contributed by atoms with Crippen LogP contribution in [-0.2, 0) is 5.41 Å². The Bertz CT molecular complexity index is 402. The van der Waals surface area contributed by atoms with Gasteiger partial charge in [0.1, 0.15) is 5.75 Å². The molecule has 0 radical (unpaired) electrons. The van der Waals surface area contributed by atoms with Crippen molar-refractivity contribution in [2.75, 3.05) is 5.75 Å². The fourth-order valence-electron chi connectivity index (χ4n) is 1.94. The van der Waals surface area contributed by atoms with Crippen LogP contribution in [0.3, 0.4) is 0 Å². The second-order valence-corrected chi connectivity index (χ2v) is 7.33. The third-order valence-corrected chi connectivity index (χ3v) is 4.20. The SMILES string of the molecule is CCCSc1cc(C(C)C)c(O)c(C(C)(C)C)c1. The van der Waals surface area contributed by atoms with Gasteiger partial charge in [0.25, 0.3) is 0 Å². The molecular formula is C16H26OS. The molecule has 1 aromatic carbocycles. The lowest BCUT2D eigenvalue weighted by molar-refractivity contribution is 0.436. The molecule has 0 aliphatic heterocycles. The van der Waals surface area contributed by atoms with Gasteiger partial charge in [0.05, 0.1) is 0 Å². The van der Waals surface area contributed by atoms with E-state index < -0.39 is 0 Å². The first kappa shape index (κ1) is 15.4. The smallest absolute Gasteiger partial charge is 0.122 e. The summed E-state index contributed by atoms with van der Waals surface area (Å²) >= 11 is 1.88. The van der Waals surface area contributed by atoms with Crippen LogP contribution in [-0.4, -0.2) is 10.9 Å². The Morgan fingerprint density at radius 1 is 1.22 bits per heavy atom. The lowest BCUT2D eigenvalue weighted by Gasteiger charge is -2.24. The zero-order valence-electron chi connectivity index (χ0n) is 12.5. The maximum absolute atomic E-state index is 10.4. The van der Waals surface area contributed by atoms with Gasteiger partial charge in [-0.1, -0.05) is 41.5 Å². The predicted octanol–water partition coefficient (Wildman–Crippen LogP) is 5.32. The second-order valence-electron chi connectivity index (χ2n) is 6.16. The van der Waals surface area contributed by atoms with Crippen LogP contribution in [0.5, 0.6) is 5.75 Å². The maximum atomic E-state index is 10.4. The Balaban J connectivity index is 3.28. The Kier molecular flexibility index (Phi) is 5.15. The van der Waals surface area contributed by atoms with E-state index >= 15 is 0 Å². The molecule has 0 unspecified atom stereocenters. The third-order valence-electron chi connectivity index (χ3n) is 3.02. The van der Waals surface area contributed by atoms with E-state index in [2.05, 4.69) is 53.7 Å². The summed E-state index contributed by atoms with van der Waals surface area (Å²) in [5, 5.41) is 10.4. The highest BCUT2D eigenvalue weighted by Gasteiger charge is 2.22. The molecule has 0 amide bonds. The predicted molar refractivity (Wildman–Crippen MR) is 81.9 cm³/mol. The van der Waals surface area contributed by atoms with Gasteiger partial charge in [-0.25, -0.2) is 0 Å². The molecule has 0 aliphatic carbocycles. The van der Waals surface area contributed by atoms with Crippen molar-refractivity contribution >= 4 is 11.8 Å². The molecule has 1 N–H and O–H groups in total. The molecule has 0 fully saturated rings. The molecule has 0 bridgehead atoms. The monoisotopic (exact) mass is 266 g/mol. The first-order chi connectivity index (χ1) is 8.27. The van der Waals surface area contributed by atoms with Crippen LogP contribution in [0.4, 0.5) is 0 Å². The summed E-state index contributed by atoms with van der Waals surface area (Å²) in [6, 6.07) is 4.30. The molecule has 0 aliphatic rings. The fourth-order valence-corrected chi connectivity index (χ4v) is 2.80. The minimum Gasteiger partial charge on any atom is -0.507 e. The number of phenols is 1. The molecule has 0 aromatic heterocycles. The molecule has 18 heavy (non-hydrogen) atoms. The summed E-state index contributed by atoms with van der Waals surface area (Å²) in [4.78, 5) is 1.28. The molecule has 0 atom stereocenters. The maximum Gasteiger partial charge on any atom is 0.122 e. The van der Waals surface area contributed by atoms with E-state index in [-0.39, 0.29) is 5.41 Å². The lowest BCUT2D eigenvalue weighted by Crippen LogP contribution is -2.12. The van der Waals surface area contributed by atoms with Crippen LogP contribution in [0.1, 0.15) is 65.0 Å². The number of thioether (sulfide) groups is 1. The van der Waals surface area contributed by atoms with E-state index in [0.717, 1.165) is 16.9 Å². The van der Waals surface area contributed by atoms with Crippen molar-refractivity contribution in [3.63, 3.8) is 0 Å². The summed E-state index contributed by atoms with van der Waals surface area (Å²) in [7, 11) is 0. The van der Waals surface area contributed by atoms with E-state index in [9.17, 15) is 5.11 Å². The van der Waals surface area contributed by atoms with Gasteiger partial charge in [0.15, 0.2) is 0 Å². The average molecular weight is 266 g/mol. The van der Waals surface area contributed by atoms with Crippen molar-refractivity contribution in [3.8, 4) is 5.75 Å². The van der Waals surface area contributed by atoms with Gasteiger partial charge >= 0.3 is 0 Å². The van der Waals surface area contributed by atoms with Gasteiger partial charge in [0.2, 0.25) is 0 Å². The molecular weight excluding hydrogens is 240 g/mol. The van der Waals surface area contributed by atoms with E-state index in [0.29, 0.717) is 11.7 Å². The Hall–Kier alpha value is -0.630. The summed E-state index contributed by atoms with van der Waals surface area (Å²) in [6.07, 6.45) is 1.17. The van der Waals surface area contributed by atoms with Crippen molar-refractivity contribution in [3.05, 3.63) is 23.3 Å². The number of aromatic hydroxyl groups is 1. The standard InChI is InChI=1S/C16H26OS/c1-7-8-18-12-9-13(11(2)3)15(17)14(10-12)16(4,5)6/h9-11,17H,7-8H2,1-6H3. The van der Waals surface area contributed by atoms with Gasteiger partial charge in [-0.2, -0.15) is 0 Å². The molecule has 0 spiro atoms. The van der Waals surface area contributed by atoms with Gasteiger partial charge in [-0.3, -0.25) is 0 Å². The topological polar surface area (TPSA) is 20.2 Å². The molecule has 102 valence electrons. The molecule has 1 nitrogen and oxygen atoms in total. The quantitative estimate of drug-likeness (QED) is 0.745. The first-order valence-electron chi connectivity index (χ1n) is 6.77. The first-order valence-corrected chi connectivity index (χ1v) is 7.76. The minimum atomic E-state index is -0.0174. The molecule has 1 aromatic rings. The van der Waals surface area contributed by atoms with E-state index in [1.54, 1.807) is 0 Å². The molecule has 2 heteroatoms. The van der Waals surface area contributed by atoms with Crippen molar-refractivity contribution in [1.29, 1.82) is 0 Å². The van der Waals surface area contributed by atoms with Crippen LogP contribution < -0.4 is 0 Å². The largest absolute Gasteiger partial charge is 0.507 e. The molecule has 0 heterocycles. The van der Waals surface area contributed by atoms with Gasteiger partial charge in [-0.05, 0) is 41.2 Å². The zero-order chi connectivity index (χ0) is 13.9. The Morgan fingerprint density at radius 2 is 1.83 bits per heavy atom. The summed E-state index contributed by atoms with van der Waals surface area (Å²) in [6.45, 7) is 12.9. The summed E-state index contributed by atoms with van der Waals surface area (Å²) in [5.74, 6) is 1.97. The van der Waals surface area contributed by atoms with E-state index in [1.165, 1.54) is 11.3 Å². The number of benzene rings is 1. The van der Waals surface area contributed by atoms with Crippen molar-refractivity contribution in [1.82, 2.24) is 0 Å². The van der Waals surface area contributed by atoms with Crippen LogP contribution in [0.15, 0.2) is 17.0 Å². The van der Waals surface area contributed by atoms with Crippen LogP contribution in [0.25, 0.3) is 0 Å². The van der Waals surface area contributed by atoms with Gasteiger partial charge < -0.3 is 5.11 Å². The van der Waals surface area contributed by atoms with Gasteiger partial charge in [0, 0.05) is 10.5 Å². The second kappa shape index (κ2) is 6.01. The van der Waals surface area contributed by atoms with Crippen molar-refractivity contribution in [2.24, 2.45) is 0 Å². The summed E-state index contributed by atoms with van der Waals surface area (Å²) in [5.41, 5.74) is 2.12.